The van der Waals surface area contributed by atoms with Crippen molar-refractivity contribution in [2.24, 2.45) is 0 Å². The van der Waals surface area contributed by atoms with Gasteiger partial charge in [-0.05, 0) is 30.3 Å². The number of phenols is 1. The fourth-order valence-corrected chi connectivity index (χ4v) is 2.32. The maximum Gasteiger partial charge on any atom is 0.162 e. The van der Waals surface area contributed by atoms with Crippen LogP contribution in [0.5, 0.6) is 17.2 Å². The van der Waals surface area contributed by atoms with Gasteiger partial charge in [0, 0.05) is 35.9 Å². The summed E-state index contributed by atoms with van der Waals surface area (Å²) in [6.07, 6.45) is 0. The van der Waals surface area contributed by atoms with E-state index in [1.165, 1.54) is 7.11 Å². The first-order valence-corrected chi connectivity index (χ1v) is 6.83. The monoisotopic (exact) mass is 307 g/mol. The van der Waals surface area contributed by atoms with E-state index in [1.54, 1.807) is 19.2 Å². The zero-order chi connectivity index (χ0) is 15.4. The van der Waals surface area contributed by atoms with Crippen LogP contribution in [0.25, 0.3) is 0 Å². The largest absolute Gasteiger partial charge is 0.504 e. The summed E-state index contributed by atoms with van der Waals surface area (Å²) in [6.45, 7) is 0.509. The highest BCUT2D eigenvalue weighted by Crippen LogP contribution is 2.34. The van der Waals surface area contributed by atoms with Crippen molar-refractivity contribution in [1.29, 1.82) is 0 Å². The second-order valence-electron chi connectivity index (χ2n) is 4.67. The van der Waals surface area contributed by atoms with Crippen molar-refractivity contribution in [3.05, 3.63) is 47.0 Å². The number of ether oxygens (including phenoxy) is 2. The predicted molar refractivity (Wildman–Crippen MR) is 84.8 cm³/mol. The van der Waals surface area contributed by atoms with Crippen LogP contribution in [0.4, 0.5) is 5.69 Å². The summed E-state index contributed by atoms with van der Waals surface area (Å²) in [5, 5.41) is 10.7. The molecule has 2 aromatic carbocycles. The SMILES string of the molecule is COc1ccc(N(C)Cc2cc(Cl)cc(OC)c2O)cc1. The first-order chi connectivity index (χ1) is 10.0. The molecule has 2 rings (SSSR count). The van der Waals surface area contributed by atoms with E-state index < -0.39 is 0 Å². The molecule has 4 nitrogen and oxygen atoms in total. The minimum Gasteiger partial charge on any atom is -0.504 e. The molecule has 0 radical (unpaired) electrons. The van der Waals surface area contributed by atoms with Crippen LogP contribution in [0, 0.1) is 0 Å². The van der Waals surface area contributed by atoms with Crippen LogP contribution >= 0.6 is 11.6 Å². The van der Waals surface area contributed by atoms with Crippen molar-refractivity contribution in [1.82, 2.24) is 0 Å². The molecule has 0 aliphatic carbocycles. The summed E-state index contributed by atoms with van der Waals surface area (Å²) < 4.78 is 10.3. The lowest BCUT2D eigenvalue weighted by molar-refractivity contribution is 0.370. The molecule has 0 unspecified atom stereocenters. The molecule has 5 heteroatoms. The van der Waals surface area contributed by atoms with E-state index in [4.69, 9.17) is 21.1 Å². The van der Waals surface area contributed by atoms with Crippen LogP contribution in [0.3, 0.4) is 0 Å². The fourth-order valence-electron chi connectivity index (χ4n) is 2.09. The summed E-state index contributed by atoms with van der Waals surface area (Å²) in [7, 11) is 5.08. The molecule has 1 N–H and O–H groups in total. The molecule has 0 fully saturated rings. The van der Waals surface area contributed by atoms with Crippen LogP contribution in [0.2, 0.25) is 5.02 Å². The molecular formula is C16H18ClNO3. The molecule has 0 amide bonds. The zero-order valence-electron chi connectivity index (χ0n) is 12.3. The molecule has 2 aromatic rings. The Kier molecular flexibility index (Phi) is 4.81. The second-order valence-corrected chi connectivity index (χ2v) is 5.11. The van der Waals surface area contributed by atoms with E-state index in [0.717, 1.165) is 11.4 Å². The van der Waals surface area contributed by atoms with Gasteiger partial charge in [-0.2, -0.15) is 0 Å². The number of phenolic OH excluding ortho intramolecular Hbond substituents is 1. The molecule has 0 atom stereocenters. The molecule has 0 aliphatic heterocycles. The Morgan fingerprint density at radius 1 is 1.10 bits per heavy atom. The summed E-state index contributed by atoms with van der Waals surface area (Å²) in [5.74, 6) is 1.29. The Labute approximate surface area is 129 Å². The van der Waals surface area contributed by atoms with Crippen molar-refractivity contribution in [3.63, 3.8) is 0 Å². The number of anilines is 1. The minimum atomic E-state index is 0.113. The number of methoxy groups -OCH3 is 2. The average Bonchev–Trinajstić information content (AvgIpc) is 2.50. The highest BCUT2D eigenvalue weighted by molar-refractivity contribution is 6.30. The van der Waals surface area contributed by atoms with Crippen LogP contribution in [0.1, 0.15) is 5.56 Å². The van der Waals surface area contributed by atoms with Gasteiger partial charge < -0.3 is 19.5 Å². The van der Waals surface area contributed by atoms with Crippen LogP contribution in [0.15, 0.2) is 36.4 Å². The number of hydrogen-bond donors (Lipinski definition) is 1. The molecular weight excluding hydrogens is 290 g/mol. The summed E-state index contributed by atoms with van der Waals surface area (Å²) in [4.78, 5) is 2.00. The predicted octanol–water partition coefficient (Wildman–Crippen LogP) is 3.70. The van der Waals surface area contributed by atoms with Gasteiger partial charge in [-0.15, -0.1) is 0 Å². The van der Waals surface area contributed by atoms with Gasteiger partial charge in [0.2, 0.25) is 0 Å². The van der Waals surface area contributed by atoms with E-state index in [2.05, 4.69) is 0 Å². The normalized spacial score (nSPS) is 10.3. The van der Waals surface area contributed by atoms with Crippen molar-refractivity contribution in [2.45, 2.75) is 6.54 Å². The lowest BCUT2D eigenvalue weighted by atomic mass is 10.1. The molecule has 0 aliphatic rings. The quantitative estimate of drug-likeness (QED) is 0.914. The van der Waals surface area contributed by atoms with Gasteiger partial charge in [-0.1, -0.05) is 11.6 Å². The molecule has 0 saturated carbocycles. The summed E-state index contributed by atoms with van der Waals surface area (Å²) in [6, 6.07) is 11.0. The molecule has 0 heterocycles. The van der Waals surface area contributed by atoms with E-state index >= 15 is 0 Å². The summed E-state index contributed by atoms with van der Waals surface area (Å²) >= 11 is 6.04. The van der Waals surface area contributed by atoms with Gasteiger partial charge in [-0.25, -0.2) is 0 Å². The van der Waals surface area contributed by atoms with E-state index in [0.29, 0.717) is 22.9 Å². The highest BCUT2D eigenvalue weighted by atomic mass is 35.5. The number of hydrogen-bond acceptors (Lipinski definition) is 4. The highest BCUT2D eigenvalue weighted by Gasteiger charge is 2.12. The topological polar surface area (TPSA) is 41.9 Å². The second kappa shape index (κ2) is 6.59. The number of halogens is 1. The van der Waals surface area contributed by atoms with Gasteiger partial charge in [-0.3, -0.25) is 0 Å². The standard InChI is InChI=1S/C16H18ClNO3/c1-18(13-4-6-14(20-2)7-5-13)10-11-8-12(17)9-15(21-3)16(11)19/h4-9,19H,10H2,1-3H3. The van der Waals surface area contributed by atoms with Crippen LogP contribution in [-0.4, -0.2) is 26.4 Å². The number of nitrogens with zero attached hydrogens (tertiary/aromatic N) is 1. The number of benzene rings is 2. The summed E-state index contributed by atoms with van der Waals surface area (Å²) in [5.41, 5.74) is 1.71. The van der Waals surface area contributed by atoms with Crippen molar-refractivity contribution in [2.75, 3.05) is 26.2 Å². The molecule has 0 bridgehead atoms. The lowest BCUT2D eigenvalue weighted by Gasteiger charge is -2.21. The molecule has 112 valence electrons. The molecule has 0 aromatic heterocycles. The fraction of sp³-hybridized carbons (Fsp3) is 0.250. The Morgan fingerprint density at radius 3 is 2.33 bits per heavy atom. The third-order valence-corrected chi connectivity index (χ3v) is 3.48. The van der Waals surface area contributed by atoms with Crippen LogP contribution in [-0.2, 0) is 6.54 Å². The molecule has 0 saturated heterocycles. The van der Waals surface area contributed by atoms with Gasteiger partial charge in [0.1, 0.15) is 5.75 Å². The smallest absolute Gasteiger partial charge is 0.162 e. The van der Waals surface area contributed by atoms with Gasteiger partial charge >= 0.3 is 0 Å². The van der Waals surface area contributed by atoms with E-state index in [-0.39, 0.29) is 5.75 Å². The Morgan fingerprint density at radius 2 is 1.76 bits per heavy atom. The van der Waals surface area contributed by atoms with Crippen molar-refractivity contribution >= 4 is 17.3 Å². The Balaban J connectivity index is 2.22. The van der Waals surface area contributed by atoms with Gasteiger partial charge in [0.25, 0.3) is 0 Å². The van der Waals surface area contributed by atoms with Gasteiger partial charge in [0.05, 0.1) is 14.2 Å². The minimum absolute atomic E-state index is 0.113. The van der Waals surface area contributed by atoms with Crippen LogP contribution < -0.4 is 14.4 Å². The lowest BCUT2D eigenvalue weighted by Crippen LogP contribution is -2.16. The Bertz CT molecular complexity index is 614. The average molecular weight is 308 g/mol. The first-order valence-electron chi connectivity index (χ1n) is 6.45. The molecule has 0 spiro atoms. The third kappa shape index (κ3) is 3.52. The Hall–Kier alpha value is -2.07. The third-order valence-electron chi connectivity index (χ3n) is 3.26. The maximum absolute atomic E-state index is 10.2. The van der Waals surface area contributed by atoms with E-state index in [9.17, 15) is 5.11 Å². The zero-order valence-corrected chi connectivity index (χ0v) is 13.0. The maximum atomic E-state index is 10.2. The van der Waals surface area contributed by atoms with Gasteiger partial charge in [0.15, 0.2) is 11.5 Å². The van der Waals surface area contributed by atoms with Crippen molar-refractivity contribution < 1.29 is 14.6 Å². The number of rotatable bonds is 5. The first kappa shape index (κ1) is 15.3. The molecule has 21 heavy (non-hydrogen) atoms. The number of aromatic hydroxyl groups is 1. The van der Waals surface area contributed by atoms with E-state index in [1.807, 2.05) is 36.2 Å². The van der Waals surface area contributed by atoms with Crippen molar-refractivity contribution in [3.8, 4) is 17.2 Å².